The summed E-state index contributed by atoms with van der Waals surface area (Å²) in [6, 6.07) is 5.92. The molecule has 3 rings (SSSR count). The van der Waals surface area contributed by atoms with Gasteiger partial charge < -0.3 is 14.7 Å². The predicted molar refractivity (Wildman–Crippen MR) is 81.3 cm³/mol. The largest absolute Gasteiger partial charge is 0.339 e. The molecule has 2 aromatic rings. The van der Waals surface area contributed by atoms with E-state index in [2.05, 4.69) is 15.5 Å². The van der Waals surface area contributed by atoms with E-state index in [0.717, 1.165) is 5.56 Å². The van der Waals surface area contributed by atoms with Crippen molar-refractivity contribution in [2.24, 2.45) is 0 Å². The van der Waals surface area contributed by atoms with Gasteiger partial charge in [-0.2, -0.15) is 4.98 Å². The smallest absolute Gasteiger partial charge is 0.317 e. The third-order valence-corrected chi connectivity index (χ3v) is 3.85. The average molecular weight is 318 g/mol. The van der Waals surface area contributed by atoms with Crippen LogP contribution >= 0.6 is 0 Å². The summed E-state index contributed by atoms with van der Waals surface area (Å²) in [6.45, 7) is 5.51. The first kappa shape index (κ1) is 15.5. The van der Waals surface area contributed by atoms with Gasteiger partial charge in [0.1, 0.15) is 5.82 Å². The number of hydrogen-bond acceptors (Lipinski definition) is 4. The van der Waals surface area contributed by atoms with Crippen LogP contribution in [0.25, 0.3) is 0 Å². The molecule has 7 heteroatoms. The van der Waals surface area contributed by atoms with Gasteiger partial charge in [0.2, 0.25) is 5.89 Å². The van der Waals surface area contributed by atoms with Crippen molar-refractivity contribution in [3.8, 4) is 0 Å². The van der Waals surface area contributed by atoms with Crippen molar-refractivity contribution in [3.05, 3.63) is 47.4 Å². The van der Waals surface area contributed by atoms with Crippen molar-refractivity contribution < 1.29 is 13.7 Å². The fourth-order valence-corrected chi connectivity index (χ4v) is 2.34. The molecule has 23 heavy (non-hydrogen) atoms. The number of hydrogen-bond donors (Lipinski definition) is 1. The molecule has 1 fully saturated rings. The Labute approximate surface area is 133 Å². The van der Waals surface area contributed by atoms with Crippen molar-refractivity contribution >= 4 is 6.03 Å². The van der Waals surface area contributed by atoms with Gasteiger partial charge in [0.15, 0.2) is 5.82 Å². The minimum atomic E-state index is -0.286. The number of likely N-dealkylation sites (tertiary alicyclic amines) is 1. The van der Waals surface area contributed by atoms with E-state index < -0.39 is 0 Å². The van der Waals surface area contributed by atoms with Crippen LogP contribution in [-0.2, 0) is 6.54 Å². The molecule has 122 valence electrons. The lowest BCUT2D eigenvalue weighted by Gasteiger charge is -2.36. The summed E-state index contributed by atoms with van der Waals surface area (Å²) in [4.78, 5) is 18.1. The Morgan fingerprint density at radius 2 is 2.09 bits per heavy atom. The van der Waals surface area contributed by atoms with Gasteiger partial charge in [0.05, 0.1) is 5.92 Å². The van der Waals surface area contributed by atoms with E-state index in [9.17, 15) is 9.18 Å². The Morgan fingerprint density at radius 3 is 2.70 bits per heavy atom. The number of nitrogens with zero attached hydrogens (tertiary/aromatic N) is 3. The maximum atomic E-state index is 12.8. The van der Waals surface area contributed by atoms with E-state index in [-0.39, 0.29) is 23.7 Å². The van der Waals surface area contributed by atoms with E-state index in [1.54, 1.807) is 17.0 Å². The first-order valence-corrected chi connectivity index (χ1v) is 7.63. The van der Waals surface area contributed by atoms with Crippen LogP contribution < -0.4 is 5.32 Å². The zero-order valence-corrected chi connectivity index (χ0v) is 13.1. The number of amides is 2. The molecular weight excluding hydrogens is 299 g/mol. The van der Waals surface area contributed by atoms with E-state index in [4.69, 9.17) is 4.52 Å². The second-order valence-corrected chi connectivity index (χ2v) is 6.03. The Hall–Kier alpha value is -2.44. The molecule has 0 atom stereocenters. The van der Waals surface area contributed by atoms with Gasteiger partial charge in [-0.3, -0.25) is 0 Å². The predicted octanol–water partition coefficient (Wildman–Crippen LogP) is 2.64. The molecule has 6 nitrogen and oxygen atoms in total. The fraction of sp³-hybridized carbons (Fsp3) is 0.438. The van der Waals surface area contributed by atoms with Gasteiger partial charge in [0, 0.05) is 25.6 Å². The van der Waals surface area contributed by atoms with Crippen LogP contribution in [0.1, 0.15) is 43.0 Å². The Bertz CT molecular complexity index is 678. The third-order valence-electron chi connectivity index (χ3n) is 3.85. The summed E-state index contributed by atoms with van der Waals surface area (Å²) in [5.41, 5.74) is 0.857. The molecule has 1 aliphatic heterocycles. The molecule has 1 aliphatic rings. The van der Waals surface area contributed by atoms with Crippen LogP contribution in [0.4, 0.5) is 9.18 Å². The van der Waals surface area contributed by atoms with Gasteiger partial charge in [-0.05, 0) is 17.7 Å². The first-order chi connectivity index (χ1) is 11.0. The van der Waals surface area contributed by atoms with Crippen LogP contribution in [0.2, 0.25) is 0 Å². The van der Waals surface area contributed by atoms with Crippen LogP contribution in [0.3, 0.4) is 0 Å². The normalized spacial score (nSPS) is 14.9. The maximum absolute atomic E-state index is 12.8. The summed E-state index contributed by atoms with van der Waals surface area (Å²) in [5.74, 6) is 1.33. The van der Waals surface area contributed by atoms with Crippen LogP contribution in [0, 0.1) is 5.82 Å². The van der Waals surface area contributed by atoms with Crippen molar-refractivity contribution in [2.45, 2.75) is 32.2 Å². The molecule has 1 N–H and O–H groups in total. The number of urea groups is 1. The first-order valence-electron chi connectivity index (χ1n) is 7.63. The molecule has 2 heterocycles. The molecule has 0 bridgehead atoms. The van der Waals surface area contributed by atoms with Crippen molar-refractivity contribution in [2.75, 3.05) is 13.1 Å². The highest BCUT2D eigenvalue weighted by Gasteiger charge is 2.35. The zero-order valence-electron chi connectivity index (χ0n) is 13.1. The van der Waals surface area contributed by atoms with Gasteiger partial charge >= 0.3 is 6.03 Å². The quantitative estimate of drug-likeness (QED) is 0.941. The lowest BCUT2D eigenvalue weighted by Crippen LogP contribution is -2.52. The highest BCUT2D eigenvalue weighted by molar-refractivity contribution is 5.75. The number of carbonyl (C=O) groups is 1. The van der Waals surface area contributed by atoms with Gasteiger partial charge in [0.25, 0.3) is 0 Å². The second-order valence-electron chi connectivity index (χ2n) is 6.03. The van der Waals surface area contributed by atoms with Crippen molar-refractivity contribution in [1.29, 1.82) is 0 Å². The molecule has 1 aromatic heterocycles. The van der Waals surface area contributed by atoms with E-state index in [0.29, 0.717) is 31.3 Å². The number of benzene rings is 1. The number of carbonyl (C=O) groups excluding carboxylic acids is 1. The molecule has 0 aliphatic carbocycles. The van der Waals surface area contributed by atoms with Gasteiger partial charge in [-0.1, -0.05) is 31.1 Å². The molecule has 0 saturated carbocycles. The molecular formula is C16H19FN4O2. The highest BCUT2D eigenvalue weighted by atomic mass is 19.1. The zero-order chi connectivity index (χ0) is 16.4. The highest BCUT2D eigenvalue weighted by Crippen LogP contribution is 2.26. The summed E-state index contributed by atoms with van der Waals surface area (Å²) >= 11 is 0. The lowest BCUT2D eigenvalue weighted by atomic mass is 10.0. The lowest BCUT2D eigenvalue weighted by molar-refractivity contribution is 0.136. The average Bonchev–Trinajstić information content (AvgIpc) is 2.95. The summed E-state index contributed by atoms with van der Waals surface area (Å²) in [7, 11) is 0. The standard InChI is InChI=1S/C16H19FN4O2/c1-10(2)14-19-15(23-20-14)12-8-21(9-12)16(22)18-7-11-3-5-13(17)6-4-11/h3-6,10,12H,7-9H2,1-2H3,(H,18,22). The Morgan fingerprint density at radius 1 is 1.39 bits per heavy atom. The van der Waals surface area contributed by atoms with E-state index >= 15 is 0 Å². The molecule has 2 amide bonds. The maximum Gasteiger partial charge on any atom is 0.317 e. The second kappa shape index (κ2) is 6.36. The van der Waals surface area contributed by atoms with Crippen molar-refractivity contribution in [3.63, 3.8) is 0 Å². The summed E-state index contributed by atoms with van der Waals surface area (Å²) in [6.07, 6.45) is 0. The van der Waals surface area contributed by atoms with Gasteiger partial charge in [-0.15, -0.1) is 0 Å². The number of rotatable bonds is 4. The van der Waals surface area contributed by atoms with E-state index in [1.165, 1.54) is 12.1 Å². The van der Waals surface area contributed by atoms with Crippen LogP contribution in [0.15, 0.2) is 28.8 Å². The summed E-state index contributed by atoms with van der Waals surface area (Å²) in [5, 5.41) is 6.75. The summed E-state index contributed by atoms with van der Waals surface area (Å²) < 4.78 is 18.1. The van der Waals surface area contributed by atoms with Gasteiger partial charge in [-0.25, -0.2) is 9.18 Å². The number of halogens is 1. The fourth-order valence-electron chi connectivity index (χ4n) is 2.34. The van der Waals surface area contributed by atoms with Crippen LogP contribution in [0.5, 0.6) is 0 Å². The minimum absolute atomic E-state index is 0.103. The van der Waals surface area contributed by atoms with E-state index in [1.807, 2.05) is 13.8 Å². The monoisotopic (exact) mass is 318 g/mol. The SMILES string of the molecule is CC(C)c1noc(C2CN(C(=O)NCc3ccc(F)cc3)C2)n1. The Balaban J connectivity index is 1.46. The molecule has 0 radical (unpaired) electrons. The third kappa shape index (κ3) is 3.49. The number of aromatic nitrogens is 2. The topological polar surface area (TPSA) is 71.3 Å². The number of nitrogens with one attached hydrogen (secondary N) is 1. The molecule has 1 saturated heterocycles. The van der Waals surface area contributed by atoms with Crippen LogP contribution in [-0.4, -0.2) is 34.2 Å². The molecule has 0 unspecified atom stereocenters. The van der Waals surface area contributed by atoms with Crippen molar-refractivity contribution in [1.82, 2.24) is 20.4 Å². The molecule has 0 spiro atoms. The molecule has 1 aromatic carbocycles. The Kier molecular flexibility index (Phi) is 4.27. The minimum Gasteiger partial charge on any atom is -0.339 e.